The van der Waals surface area contributed by atoms with Gasteiger partial charge in [0.1, 0.15) is 11.5 Å². The maximum atomic E-state index is 14.6. The summed E-state index contributed by atoms with van der Waals surface area (Å²) in [7, 11) is 0. The first kappa shape index (κ1) is 23.8. The van der Waals surface area contributed by atoms with Crippen molar-refractivity contribution in [2.75, 3.05) is 6.54 Å². The number of aliphatic carboxylic acids is 1. The highest BCUT2D eigenvalue weighted by atomic mass is 35.5. The summed E-state index contributed by atoms with van der Waals surface area (Å²) in [6, 6.07) is 8.63. The van der Waals surface area contributed by atoms with Gasteiger partial charge in [0.15, 0.2) is 0 Å². The molecule has 3 aromatic rings. The van der Waals surface area contributed by atoms with Crippen LogP contribution in [0.2, 0.25) is 5.02 Å². The van der Waals surface area contributed by atoms with Gasteiger partial charge in [-0.05, 0) is 74.8 Å². The Hall–Kier alpha value is -2.93. The number of hydrogen-bond donors (Lipinski definition) is 1. The van der Waals surface area contributed by atoms with E-state index in [1.54, 1.807) is 25.3 Å². The summed E-state index contributed by atoms with van der Waals surface area (Å²) in [6.45, 7) is 3.20. The van der Waals surface area contributed by atoms with Crippen LogP contribution in [-0.4, -0.2) is 38.0 Å². The van der Waals surface area contributed by atoms with Crippen molar-refractivity contribution in [2.24, 2.45) is 11.3 Å². The smallest absolute Gasteiger partial charge is 0.309 e. The molecule has 3 heterocycles. The number of hydrogen-bond acceptors (Lipinski definition) is 3. The van der Waals surface area contributed by atoms with Crippen molar-refractivity contribution in [3.63, 3.8) is 0 Å². The molecule has 0 bridgehead atoms. The first-order valence-corrected chi connectivity index (χ1v) is 12.5. The molecule has 8 heteroatoms. The molecule has 35 heavy (non-hydrogen) atoms. The molecule has 1 amide bonds. The lowest BCUT2D eigenvalue weighted by Crippen LogP contribution is -2.39. The van der Waals surface area contributed by atoms with E-state index in [0.717, 1.165) is 36.0 Å². The van der Waals surface area contributed by atoms with Crippen molar-refractivity contribution >= 4 is 34.5 Å². The molecule has 5 rings (SSSR count). The minimum Gasteiger partial charge on any atom is -0.481 e. The number of pyridine rings is 1. The van der Waals surface area contributed by atoms with Gasteiger partial charge < -0.3 is 14.6 Å². The van der Waals surface area contributed by atoms with E-state index in [9.17, 15) is 19.1 Å². The number of carboxylic acid groups (broad SMARTS) is 1. The van der Waals surface area contributed by atoms with Gasteiger partial charge in [-0.15, -0.1) is 0 Å². The Morgan fingerprint density at radius 2 is 2.03 bits per heavy atom. The standard InChI is InChI=1S/C27H29ClFN3O3/c1-27(26(34)35)9-6-17(7-10-27)13-24(33)31-12-8-20-21-3-2-11-30-25(21)32(23(20)16-31)15-18-4-5-19(28)14-22(18)29/h2-5,11,14,17H,6-10,12-13,15-16H2,1H3,(H,34,35). The summed E-state index contributed by atoms with van der Waals surface area (Å²) in [4.78, 5) is 31.3. The second kappa shape index (κ2) is 9.26. The van der Waals surface area contributed by atoms with Crippen molar-refractivity contribution in [1.29, 1.82) is 0 Å². The van der Waals surface area contributed by atoms with Crippen molar-refractivity contribution in [2.45, 2.75) is 58.5 Å². The average molecular weight is 498 g/mol. The number of benzene rings is 1. The van der Waals surface area contributed by atoms with Gasteiger partial charge in [0.05, 0.1) is 18.5 Å². The number of aromatic nitrogens is 2. The Morgan fingerprint density at radius 1 is 1.26 bits per heavy atom. The third-order valence-electron chi connectivity index (χ3n) is 7.90. The Morgan fingerprint density at radius 3 is 2.74 bits per heavy atom. The predicted octanol–water partition coefficient (Wildman–Crippen LogP) is 5.43. The van der Waals surface area contributed by atoms with Crippen LogP contribution in [-0.2, 0) is 29.1 Å². The zero-order chi connectivity index (χ0) is 24.7. The van der Waals surface area contributed by atoms with Gasteiger partial charge in [-0.25, -0.2) is 9.37 Å². The van der Waals surface area contributed by atoms with E-state index in [4.69, 9.17) is 11.6 Å². The van der Waals surface area contributed by atoms with Gasteiger partial charge in [-0.1, -0.05) is 17.7 Å². The number of fused-ring (bicyclic) bond motifs is 3. The maximum absolute atomic E-state index is 14.6. The minimum absolute atomic E-state index is 0.0991. The van der Waals surface area contributed by atoms with Crippen LogP contribution in [0.15, 0.2) is 36.5 Å². The molecule has 2 aromatic heterocycles. The lowest BCUT2D eigenvalue weighted by Gasteiger charge is -2.35. The van der Waals surface area contributed by atoms with Crippen LogP contribution < -0.4 is 0 Å². The van der Waals surface area contributed by atoms with Gasteiger partial charge in [0.25, 0.3) is 0 Å². The van der Waals surface area contributed by atoms with E-state index in [2.05, 4.69) is 4.98 Å². The zero-order valence-electron chi connectivity index (χ0n) is 19.8. The maximum Gasteiger partial charge on any atom is 0.309 e. The highest BCUT2D eigenvalue weighted by molar-refractivity contribution is 6.30. The highest BCUT2D eigenvalue weighted by Crippen LogP contribution is 2.40. The Kier molecular flexibility index (Phi) is 6.30. The van der Waals surface area contributed by atoms with Crippen molar-refractivity contribution in [3.8, 4) is 0 Å². The number of carboxylic acids is 1. The number of nitrogens with zero attached hydrogens (tertiary/aromatic N) is 3. The number of carbonyl (C=O) groups excluding carboxylic acids is 1. The van der Waals surface area contributed by atoms with Crippen LogP contribution in [0.1, 0.15) is 55.8 Å². The topological polar surface area (TPSA) is 75.4 Å². The normalized spacial score (nSPS) is 22.3. The molecule has 0 spiro atoms. The Bertz CT molecular complexity index is 1300. The SMILES string of the molecule is CC1(C(=O)O)CCC(CC(=O)N2CCc3c(n(Cc4ccc(Cl)cc4F)c4ncccc34)C2)CC1. The first-order chi connectivity index (χ1) is 16.7. The molecule has 1 saturated carbocycles. The van der Waals surface area contributed by atoms with E-state index in [0.29, 0.717) is 49.5 Å². The number of amides is 1. The molecule has 1 aromatic carbocycles. The van der Waals surface area contributed by atoms with Crippen molar-refractivity contribution in [1.82, 2.24) is 14.5 Å². The lowest BCUT2D eigenvalue weighted by atomic mass is 9.71. The van der Waals surface area contributed by atoms with Crippen LogP contribution >= 0.6 is 11.6 Å². The first-order valence-electron chi connectivity index (χ1n) is 12.2. The van der Waals surface area contributed by atoms with Crippen LogP contribution in [0.25, 0.3) is 11.0 Å². The summed E-state index contributed by atoms with van der Waals surface area (Å²) in [5, 5.41) is 10.9. The summed E-state index contributed by atoms with van der Waals surface area (Å²) in [5.41, 5.74) is 2.80. The fraction of sp³-hybridized carbons (Fsp3) is 0.444. The molecule has 0 saturated heterocycles. The highest BCUT2D eigenvalue weighted by Gasteiger charge is 2.38. The van der Waals surface area contributed by atoms with Crippen molar-refractivity contribution < 1.29 is 19.1 Å². The van der Waals surface area contributed by atoms with Gasteiger partial charge >= 0.3 is 5.97 Å². The summed E-state index contributed by atoms with van der Waals surface area (Å²) >= 11 is 5.94. The largest absolute Gasteiger partial charge is 0.481 e. The van der Waals surface area contributed by atoms with E-state index in [1.165, 1.54) is 11.6 Å². The second-order valence-corrected chi connectivity index (χ2v) is 10.6. The van der Waals surface area contributed by atoms with Crippen LogP contribution in [0.5, 0.6) is 0 Å². The van der Waals surface area contributed by atoms with Crippen LogP contribution in [0.4, 0.5) is 4.39 Å². The molecule has 1 aliphatic carbocycles. The molecule has 2 aliphatic rings. The van der Waals surface area contributed by atoms with Crippen LogP contribution in [0, 0.1) is 17.2 Å². The number of carbonyl (C=O) groups is 2. The number of rotatable bonds is 5. The molecular weight excluding hydrogens is 469 g/mol. The Labute approximate surface area is 208 Å². The average Bonchev–Trinajstić information content (AvgIpc) is 3.15. The zero-order valence-corrected chi connectivity index (χ0v) is 20.5. The monoisotopic (exact) mass is 497 g/mol. The molecular formula is C27H29ClFN3O3. The van der Waals surface area contributed by atoms with E-state index >= 15 is 0 Å². The quantitative estimate of drug-likeness (QED) is 0.509. The molecule has 0 atom stereocenters. The molecule has 184 valence electrons. The van der Waals surface area contributed by atoms with Gasteiger partial charge in [0.2, 0.25) is 5.91 Å². The fourth-order valence-electron chi connectivity index (χ4n) is 5.57. The summed E-state index contributed by atoms with van der Waals surface area (Å²) in [6.07, 6.45) is 5.63. The fourth-order valence-corrected chi connectivity index (χ4v) is 5.73. The third-order valence-corrected chi connectivity index (χ3v) is 8.13. The van der Waals surface area contributed by atoms with Gasteiger partial charge in [0, 0.05) is 40.8 Å². The third kappa shape index (κ3) is 4.54. The molecule has 1 fully saturated rings. The molecule has 0 radical (unpaired) electrons. The molecule has 0 unspecified atom stereocenters. The van der Waals surface area contributed by atoms with Crippen molar-refractivity contribution in [3.05, 3.63) is 64.2 Å². The molecule has 6 nitrogen and oxygen atoms in total. The van der Waals surface area contributed by atoms with Crippen LogP contribution in [0.3, 0.4) is 0 Å². The van der Waals surface area contributed by atoms with Gasteiger partial charge in [-0.2, -0.15) is 0 Å². The van der Waals surface area contributed by atoms with Gasteiger partial charge in [-0.3, -0.25) is 9.59 Å². The van der Waals surface area contributed by atoms with E-state index in [-0.39, 0.29) is 17.6 Å². The lowest BCUT2D eigenvalue weighted by molar-refractivity contribution is -0.150. The summed E-state index contributed by atoms with van der Waals surface area (Å²) in [5.74, 6) is -0.795. The minimum atomic E-state index is -0.746. The molecule has 1 N–H and O–H groups in total. The van der Waals surface area contributed by atoms with E-state index in [1.807, 2.05) is 21.6 Å². The number of halogens is 2. The predicted molar refractivity (Wildman–Crippen MR) is 132 cm³/mol. The Balaban J connectivity index is 1.36. The van der Waals surface area contributed by atoms with E-state index < -0.39 is 11.4 Å². The molecule has 1 aliphatic heterocycles. The second-order valence-electron chi connectivity index (χ2n) is 10.2. The summed E-state index contributed by atoms with van der Waals surface area (Å²) < 4.78 is 16.6.